The van der Waals surface area contributed by atoms with Gasteiger partial charge >= 0.3 is 5.97 Å². The van der Waals surface area contributed by atoms with Crippen molar-refractivity contribution in [2.75, 3.05) is 39.8 Å². The van der Waals surface area contributed by atoms with Crippen LogP contribution in [0.2, 0.25) is 0 Å². The van der Waals surface area contributed by atoms with E-state index in [1.807, 2.05) is 6.92 Å². The maximum Gasteiger partial charge on any atom is 0.320 e. The first-order valence-electron chi connectivity index (χ1n) is 14.2. The van der Waals surface area contributed by atoms with Crippen LogP contribution in [0.4, 0.5) is 0 Å². The third kappa shape index (κ3) is 4.17. The molecule has 0 bridgehead atoms. The quantitative estimate of drug-likeness (QED) is 0.551. The summed E-state index contributed by atoms with van der Waals surface area (Å²) in [6.45, 7) is 13.4. The Labute approximate surface area is 207 Å². The standard InChI is InChI=1S/C29H48N2O3/c1-20(32)23-8-9-24-22-7-6-21-18-27(2,34-26(33)19-31-16-14-30(5)15-17-31)12-13-28(21,3)25(22)10-11-29(23,24)4/h21-25H,6-19H2,1-5H3/t21-,22-,23+,24-,25-,27+,28-,29+/m0/s1. The van der Waals surface area contributed by atoms with Gasteiger partial charge in [0.1, 0.15) is 11.4 Å². The van der Waals surface area contributed by atoms with E-state index in [0.717, 1.165) is 63.2 Å². The van der Waals surface area contributed by atoms with Crippen molar-refractivity contribution in [3.63, 3.8) is 0 Å². The van der Waals surface area contributed by atoms with E-state index < -0.39 is 0 Å². The van der Waals surface area contributed by atoms with Crippen molar-refractivity contribution in [2.45, 2.75) is 91.1 Å². The first kappa shape index (κ1) is 24.7. The molecule has 5 rings (SSSR count). The Morgan fingerprint density at radius 3 is 2.26 bits per heavy atom. The highest BCUT2D eigenvalue weighted by Crippen LogP contribution is 2.68. The number of nitrogens with zero attached hydrogens (tertiary/aromatic N) is 2. The van der Waals surface area contributed by atoms with Gasteiger partial charge in [0, 0.05) is 32.1 Å². The molecule has 0 unspecified atom stereocenters. The van der Waals surface area contributed by atoms with Gasteiger partial charge < -0.3 is 9.64 Å². The number of carbonyl (C=O) groups excluding carboxylic acids is 2. The molecule has 5 aliphatic rings. The second kappa shape index (κ2) is 8.87. The summed E-state index contributed by atoms with van der Waals surface area (Å²) in [4.78, 5) is 29.9. The maximum atomic E-state index is 12.9. The highest BCUT2D eigenvalue weighted by atomic mass is 16.6. The lowest BCUT2D eigenvalue weighted by Crippen LogP contribution is -2.56. The fourth-order valence-electron chi connectivity index (χ4n) is 9.67. The second-order valence-electron chi connectivity index (χ2n) is 13.6. The average molecular weight is 473 g/mol. The predicted molar refractivity (Wildman–Crippen MR) is 134 cm³/mol. The molecule has 1 aliphatic heterocycles. The van der Waals surface area contributed by atoms with Crippen LogP contribution in [0.1, 0.15) is 85.5 Å². The first-order chi connectivity index (χ1) is 16.0. The van der Waals surface area contributed by atoms with Crippen LogP contribution >= 0.6 is 0 Å². The molecule has 192 valence electrons. The summed E-state index contributed by atoms with van der Waals surface area (Å²) in [5.41, 5.74) is 0.289. The number of hydrogen-bond acceptors (Lipinski definition) is 5. The third-order valence-corrected chi connectivity index (χ3v) is 11.7. The number of piperazine rings is 1. The van der Waals surface area contributed by atoms with E-state index in [1.165, 1.54) is 38.5 Å². The van der Waals surface area contributed by atoms with Gasteiger partial charge in [-0.15, -0.1) is 0 Å². The van der Waals surface area contributed by atoms with Gasteiger partial charge in [-0.1, -0.05) is 13.8 Å². The van der Waals surface area contributed by atoms with Gasteiger partial charge in [0.2, 0.25) is 0 Å². The van der Waals surface area contributed by atoms with Crippen LogP contribution in [-0.4, -0.2) is 66.9 Å². The number of Topliss-reactive ketones (excluding diaryl/α,β-unsaturated/α-hetero) is 1. The maximum absolute atomic E-state index is 12.9. The molecule has 1 heterocycles. The number of esters is 1. The summed E-state index contributed by atoms with van der Waals surface area (Å²) >= 11 is 0. The van der Waals surface area contributed by atoms with Gasteiger partial charge in [-0.2, -0.15) is 0 Å². The Morgan fingerprint density at radius 1 is 0.853 bits per heavy atom. The summed E-state index contributed by atoms with van der Waals surface area (Å²) < 4.78 is 6.23. The average Bonchev–Trinajstić information content (AvgIpc) is 3.13. The van der Waals surface area contributed by atoms with Gasteiger partial charge in [0.05, 0.1) is 6.54 Å². The van der Waals surface area contributed by atoms with E-state index in [1.54, 1.807) is 0 Å². The zero-order valence-corrected chi connectivity index (χ0v) is 22.4. The number of ether oxygens (including phenoxy) is 1. The first-order valence-corrected chi connectivity index (χ1v) is 14.2. The van der Waals surface area contributed by atoms with E-state index in [0.29, 0.717) is 29.6 Å². The Balaban J connectivity index is 1.23. The minimum absolute atomic E-state index is 0.0287. The highest BCUT2D eigenvalue weighted by Gasteiger charge is 2.61. The van der Waals surface area contributed by atoms with Crippen molar-refractivity contribution in [1.82, 2.24) is 9.80 Å². The van der Waals surface area contributed by atoms with Crippen LogP contribution < -0.4 is 0 Å². The Morgan fingerprint density at radius 2 is 1.56 bits per heavy atom. The Bertz CT molecular complexity index is 807. The SMILES string of the molecule is CC(=O)[C@H]1CC[C@H]2[C@@H]3CC[C@H]4C[C@](C)(OC(=O)CN5CCN(C)CC5)CC[C@]4(C)[C@H]3CC[C@]12C. The second-order valence-corrected chi connectivity index (χ2v) is 13.6. The molecular weight excluding hydrogens is 424 g/mol. The monoisotopic (exact) mass is 472 g/mol. The molecule has 0 amide bonds. The third-order valence-electron chi connectivity index (χ3n) is 11.7. The molecular formula is C29H48N2O3. The molecule has 34 heavy (non-hydrogen) atoms. The molecule has 0 aromatic carbocycles. The van der Waals surface area contributed by atoms with Crippen LogP contribution in [-0.2, 0) is 14.3 Å². The molecule has 8 atom stereocenters. The van der Waals surface area contributed by atoms with E-state index in [2.05, 4.69) is 37.6 Å². The summed E-state index contributed by atoms with van der Waals surface area (Å²) in [6, 6.07) is 0. The lowest BCUT2D eigenvalue weighted by molar-refractivity contribution is -0.182. The summed E-state index contributed by atoms with van der Waals surface area (Å²) in [5.74, 6) is 3.63. The van der Waals surface area contributed by atoms with Crippen molar-refractivity contribution in [1.29, 1.82) is 0 Å². The van der Waals surface area contributed by atoms with Crippen molar-refractivity contribution in [3.8, 4) is 0 Å². The molecule has 4 aliphatic carbocycles. The zero-order valence-electron chi connectivity index (χ0n) is 22.4. The smallest absolute Gasteiger partial charge is 0.320 e. The number of ketones is 1. The van der Waals surface area contributed by atoms with Gasteiger partial charge in [-0.3, -0.25) is 14.5 Å². The number of likely N-dealkylation sites (N-methyl/N-ethyl adjacent to an activating group) is 1. The van der Waals surface area contributed by atoms with Crippen LogP contribution in [0.3, 0.4) is 0 Å². The largest absolute Gasteiger partial charge is 0.458 e. The number of fused-ring (bicyclic) bond motifs is 5. The lowest BCUT2D eigenvalue weighted by Gasteiger charge is -2.62. The van der Waals surface area contributed by atoms with E-state index in [4.69, 9.17) is 4.74 Å². The van der Waals surface area contributed by atoms with E-state index >= 15 is 0 Å². The molecule has 1 saturated heterocycles. The summed E-state index contributed by atoms with van der Waals surface area (Å²) in [6.07, 6.45) is 10.6. The molecule has 0 spiro atoms. The molecule has 5 heteroatoms. The van der Waals surface area contributed by atoms with Crippen molar-refractivity contribution >= 4 is 11.8 Å². The number of rotatable bonds is 4. The van der Waals surface area contributed by atoms with E-state index in [-0.39, 0.29) is 17.0 Å². The molecule has 5 fully saturated rings. The lowest BCUT2D eigenvalue weighted by atomic mass is 9.44. The van der Waals surface area contributed by atoms with Gasteiger partial charge in [-0.05, 0) is 113 Å². The fraction of sp³-hybridized carbons (Fsp3) is 0.931. The molecule has 0 N–H and O–H groups in total. The minimum atomic E-state index is -0.309. The van der Waals surface area contributed by atoms with Crippen molar-refractivity contribution in [3.05, 3.63) is 0 Å². The number of carbonyl (C=O) groups is 2. The minimum Gasteiger partial charge on any atom is -0.458 e. The van der Waals surface area contributed by atoms with Crippen LogP contribution in [0, 0.1) is 40.4 Å². The fourth-order valence-corrected chi connectivity index (χ4v) is 9.67. The van der Waals surface area contributed by atoms with Gasteiger partial charge in [-0.25, -0.2) is 0 Å². The molecule has 0 aromatic rings. The van der Waals surface area contributed by atoms with Gasteiger partial charge in [0.15, 0.2) is 0 Å². The van der Waals surface area contributed by atoms with Crippen molar-refractivity contribution < 1.29 is 14.3 Å². The topological polar surface area (TPSA) is 49.9 Å². The summed E-state index contributed by atoms with van der Waals surface area (Å²) in [5, 5.41) is 0. The Kier molecular flexibility index (Phi) is 6.45. The van der Waals surface area contributed by atoms with Gasteiger partial charge in [0.25, 0.3) is 0 Å². The molecule has 4 saturated carbocycles. The van der Waals surface area contributed by atoms with Crippen molar-refractivity contribution in [2.24, 2.45) is 40.4 Å². The highest BCUT2D eigenvalue weighted by molar-refractivity contribution is 5.79. The predicted octanol–water partition coefficient (Wildman–Crippen LogP) is 4.78. The normalized spacial score (nSPS) is 47.4. The van der Waals surface area contributed by atoms with Crippen LogP contribution in [0.5, 0.6) is 0 Å². The molecule has 5 nitrogen and oxygen atoms in total. The van der Waals surface area contributed by atoms with Crippen LogP contribution in [0.15, 0.2) is 0 Å². The summed E-state index contributed by atoms with van der Waals surface area (Å²) in [7, 11) is 2.14. The molecule has 0 radical (unpaired) electrons. The Hall–Kier alpha value is -0.940. The van der Waals surface area contributed by atoms with E-state index in [9.17, 15) is 9.59 Å². The number of hydrogen-bond donors (Lipinski definition) is 0. The molecule has 0 aromatic heterocycles. The van der Waals surface area contributed by atoms with Crippen LogP contribution in [0.25, 0.3) is 0 Å². The zero-order chi connectivity index (χ0) is 24.3.